The quantitative estimate of drug-likeness (QED) is 0.511. The van der Waals surface area contributed by atoms with E-state index in [-0.39, 0.29) is 17.4 Å². The molecule has 1 saturated heterocycles. The van der Waals surface area contributed by atoms with Crippen LogP contribution in [0.25, 0.3) is 0 Å². The minimum Gasteiger partial charge on any atom is -0.355 e. The molecule has 2 aromatic carbocycles. The summed E-state index contributed by atoms with van der Waals surface area (Å²) in [6, 6.07) is 15.5. The number of nitrogens with zero attached hydrogens (tertiary/aromatic N) is 1. The number of hydrogen-bond donors (Lipinski definition) is 2. The molecule has 2 N–H and O–H groups in total. The van der Waals surface area contributed by atoms with Crippen LogP contribution in [-0.2, 0) is 9.59 Å². The van der Waals surface area contributed by atoms with Crippen LogP contribution in [0.3, 0.4) is 0 Å². The Bertz CT molecular complexity index is 777. The van der Waals surface area contributed by atoms with Crippen molar-refractivity contribution in [2.75, 3.05) is 6.54 Å². The molecular formula is C18H16FN3O2. The number of hydrazone groups is 1. The first kappa shape index (κ1) is 15.9. The lowest BCUT2D eigenvalue weighted by Gasteiger charge is -2.15. The Morgan fingerprint density at radius 2 is 1.88 bits per heavy atom. The first-order valence-corrected chi connectivity index (χ1v) is 7.57. The van der Waals surface area contributed by atoms with Gasteiger partial charge in [-0.15, -0.1) is 0 Å². The number of halogens is 1. The van der Waals surface area contributed by atoms with Gasteiger partial charge in [0.05, 0.1) is 6.21 Å². The van der Waals surface area contributed by atoms with Crippen LogP contribution in [-0.4, -0.2) is 24.6 Å². The van der Waals surface area contributed by atoms with Gasteiger partial charge in [-0.25, -0.2) is 9.82 Å². The molecule has 122 valence electrons. The van der Waals surface area contributed by atoms with Crippen molar-refractivity contribution in [2.45, 2.75) is 5.92 Å². The van der Waals surface area contributed by atoms with Crippen molar-refractivity contribution in [3.05, 3.63) is 71.5 Å². The summed E-state index contributed by atoms with van der Waals surface area (Å²) in [5, 5.41) is 6.47. The molecule has 0 radical (unpaired) electrons. The molecular weight excluding hydrogens is 309 g/mol. The van der Waals surface area contributed by atoms with Crippen LogP contribution in [0.4, 0.5) is 4.39 Å². The zero-order valence-electron chi connectivity index (χ0n) is 12.8. The van der Waals surface area contributed by atoms with Gasteiger partial charge in [0, 0.05) is 18.0 Å². The van der Waals surface area contributed by atoms with E-state index in [1.54, 1.807) is 18.2 Å². The highest BCUT2D eigenvalue weighted by Crippen LogP contribution is 2.28. The third-order valence-corrected chi connectivity index (χ3v) is 3.97. The van der Waals surface area contributed by atoms with Gasteiger partial charge in [-0.2, -0.15) is 5.10 Å². The Labute approximate surface area is 138 Å². The van der Waals surface area contributed by atoms with E-state index in [9.17, 15) is 14.0 Å². The molecule has 3 rings (SSSR count). The lowest BCUT2D eigenvalue weighted by molar-refractivity contribution is -0.133. The Hall–Kier alpha value is -3.02. The third kappa shape index (κ3) is 3.32. The van der Waals surface area contributed by atoms with Gasteiger partial charge in [0.15, 0.2) is 0 Å². The summed E-state index contributed by atoms with van der Waals surface area (Å²) >= 11 is 0. The van der Waals surface area contributed by atoms with Crippen LogP contribution in [0.1, 0.15) is 17.0 Å². The first-order valence-electron chi connectivity index (χ1n) is 7.57. The molecule has 0 unspecified atom stereocenters. The van der Waals surface area contributed by atoms with Gasteiger partial charge in [-0.3, -0.25) is 9.59 Å². The molecule has 5 nitrogen and oxygen atoms in total. The van der Waals surface area contributed by atoms with Crippen molar-refractivity contribution in [3.8, 4) is 0 Å². The molecule has 6 heteroatoms. The number of benzene rings is 2. The van der Waals surface area contributed by atoms with E-state index in [1.165, 1.54) is 12.3 Å². The van der Waals surface area contributed by atoms with Crippen molar-refractivity contribution in [1.29, 1.82) is 0 Å². The molecule has 0 aliphatic carbocycles. The number of hydrogen-bond acceptors (Lipinski definition) is 3. The molecule has 2 atom stereocenters. The summed E-state index contributed by atoms with van der Waals surface area (Å²) in [4.78, 5) is 24.3. The summed E-state index contributed by atoms with van der Waals surface area (Å²) in [6.45, 7) is 0.401. The van der Waals surface area contributed by atoms with E-state index in [0.29, 0.717) is 6.54 Å². The Kier molecular flexibility index (Phi) is 4.65. The lowest BCUT2D eigenvalue weighted by Crippen LogP contribution is -2.34. The van der Waals surface area contributed by atoms with Crippen LogP contribution in [0.15, 0.2) is 59.7 Å². The lowest BCUT2D eigenvalue weighted by atomic mass is 9.88. The first-order chi connectivity index (χ1) is 11.7. The molecule has 1 heterocycles. The molecule has 0 aromatic heterocycles. The molecule has 0 spiro atoms. The maximum absolute atomic E-state index is 13.5. The minimum atomic E-state index is -0.856. The number of rotatable bonds is 4. The highest BCUT2D eigenvalue weighted by Gasteiger charge is 2.40. The standard InChI is InChI=1S/C18H16FN3O2/c19-15-9-5-4-8-13(15)10-21-22-18(24)16-14(11-20-17(16)23)12-6-2-1-3-7-12/h1-10,14,16H,11H2,(H,20,23)(H,22,24)/b21-10+/t14-,16-/m0/s1. The largest absolute Gasteiger partial charge is 0.355 e. The van der Waals surface area contributed by atoms with E-state index in [2.05, 4.69) is 15.8 Å². The van der Waals surface area contributed by atoms with Gasteiger partial charge in [0.1, 0.15) is 11.7 Å². The van der Waals surface area contributed by atoms with Crippen LogP contribution >= 0.6 is 0 Å². The van der Waals surface area contributed by atoms with E-state index in [1.807, 2.05) is 30.3 Å². The van der Waals surface area contributed by atoms with E-state index in [0.717, 1.165) is 5.56 Å². The second-order valence-corrected chi connectivity index (χ2v) is 5.50. The van der Waals surface area contributed by atoms with Crippen molar-refractivity contribution in [1.82, 2.24) is 10.7 Å². The molecule has 24 heavy (non-hydrogen) atoms. The van der Waals surface area contributed by atoms with Crippen molar-refractivity contribution in [3.63, 3.8) is 0 Å². The fraction of sp³-hybridized carbons (Fsp3) is 0.167. The summed E-state index contributed by atoms with van der Waals surface area (Å²) in [7, 11) is 0. The molecule has 1 aliphatic heterocycles. The summed E-state index contributed by atoms with van der Waals surface area (Å²) in [6.07, 6.45) is 1.22. The highest BCUT2D eigenvalue weighted by molar-refractivity contribution is 6.03. The minimum absolute atomic E-state index is 0.248. The summed E-state index contributed by atoms with van der Waals surface area (Å²) in [5.74, 6) is -2.38. The van der Waals surface area contributed by atoms with Crippen LogP contribution in [0.2, 0.25) is 0 Å². The van der Waals surface area contributed by atoms with Gasteiger partial charge in [-0.05, 0) is 11.6 Å². The summed E-state index contributed by atoms with van der Waals surface area (Å²) in [5.41, 5.74) is 3.50. The summed E-state index contributed by atoms with van der Waals surface area (Å²) < 4.78 is 13.5. The van der Waals surface area contributed by atoms with E-state index in [4.69, 9.17) is 0 Å². The van der Waals surface area contributed by atoms with E-state index >= 15 is 0 Å². The van der Waals surface area contributed by atoms with Crippen molar-refractivity contribution < 1.29 is 14.0 Å². The van der Waals surface area contributed by atoms with Crippen molar-refractivity contribution >= 4 is 18.0 Å². The molecule has 1 fully saturated rings. The fourth-order valence-electron chi connectivity index (χ4n) is 2.75. The Morgan fingerprint density at radius 1 is 1.17 bits per heavy atom. The number of amides is 2. The molecule has 0 saturated carbocycles. The predicted molar refractivity (Wildman–Crippen MR) is 87.8 cm³/mol. The van der Waals surface area contributed by atoms with Gasteiger partial charge < -0.3 is 5.32 Å². The molecule has 1 aliphatic rings. The second kappa shape index (κ2) is 7.04. The van der Waals surface area contributed by atoms with Gasteiger partial charge in [-0.1, -0.05) is 48.5 Å². The number of carbonyl (C=O) groups excluding carboxylic acids is 2. The topological polar surface area (TPSA) is 70.6 Å². The molecule has 2 amide bonds. The average Bonchev–Trinajstić information content (AvgIpc) is 2.99. The van der Waals surface area contributed by atoms with Crippen LogP contribution in [0, 0.1) is 11.7 Å². The predicted octanol–water partition coefficient (Wildman–Crippen LogP) is 1.81. The Balaban J connectivity index is 1.71. The SMILES string of the molecule is O=C1NC[C@@H](c2ccccc2)[C@@H]1C(=O)N/N=C/c1ccccc1F. The molecule has 0 bridgehead atoms. The normalized spacial score (nSPS) is 20.1. The Morgan fingerprint density at radius 3 is 2.62 bits per heavy atom. The number of carbonyl (C=O) groups is 2. The van der Waals surface area contributed by atoms with Crippen molar-refractivity contribution in [2.24, 2.45) is 11.0 Å². The zero-order chi connectivity index (χ0) is 16.9. The highest BCUT2D eigenvalue weighted by atomic mass is 19.1. The average molecular weight is 325 g/mol. The monoisotopic (exact) mass is 325 g/mol. The fourth-order valence-corrected chi connectivity index (χ4v) is 2.75. The van der Waals surface area contributed by atoms with Gasteiger partial charge in [0.25, 0.3) is 5.91 Å². The van der Waals surface area contributed by atoms with Gasteiger partial charge in [0.2, 0.25) is 5.91 Å². The van der Waals surface area contributed by atoms with E-state index < -0.39 is 17.6 Å². The maximum atomic E-state index is 13.5. The zero-order valence-corrected chi connectivity index (χ0v) is 12.8. The van der Waals surface area contributed by atoms with Crippen LogP contribution < -0.4 is 10.7 Å². The van der Waals surface area contributed by atoms with Crippen LogP contribution in [0.5, 0.6) is 0 Å². The van der Waals surface area contributed by atoms with Gasteiger partial charge >= 0.3 is 0 Å². The maximum Gasteiger partial charge on any atom is 0.253 e. The third-order valence-electron chi connectivity index (χ3n) is 3.97. The second-order valence-electron chi connectivity index (χ2n) is 5.50. The molecule has 2 aromatic rings. The smallest absolute Gasteiger partial charge is 0.253 e. The number of nitrogens with one attached hydrogen (secondary N) is 2.